The van der Waals surface area contributed by atoms with Crippen molar-refractivity contribution in [3.8, 4) is 0 Å². The molecular weight excluding hydrogens is 616 g/mol. The van der Waals surface area contributed by atoms with Gasteiger partial charge in [-0.2, -0.15) is 13.2 Å². The predicted molar refractivity (Wildman–Crippen MR) is 156 cm³/mol. The summed E-state index contributed by atoms with van der Waals surface area (Å²) in [6.45, 7) is 2.97. The average molecular weight is 650 g/mol. The van der Waals surface area contributed by atoms with E-state index in [2.05, 4.69) is 10.6 Å². The van der Waals surface area contributed by atoms with E-state index in [-0.39, 0.29) is 62.0 Å². The van der Waals surface area contributed by atoms with Gasteiger partial charge in [-0.15, -0.1) is 0 Å². The third-order valence-corrected chi connectivity index (χ3v) is 10.0. The summed E-state index contributed by atoms with van der Waals surface area (Å²) in [6.07, 6.45) is -1.75. The third-order valence-electron chi connectivity index (χ3n) is 7.66. The number of alkyl halides is 3. The van der Waals surface area contributed by atoms with Crippen LogP contribution in [0.1, 0.15) is 54.1 Å². The first kappa shape index (κ1) is 32.5. The SMILES string of the molecule is CCS(=O)(=O)c1ccc(Cl)cc1N(C)C(=O)c1cc(Cl)c(CN2CCC[C@H](NC(=O)[C@@H]3CCCN3)C2)c(C(F)(F)F)c1. The van der Waals surface area contributed by atoms with Crippen LogP contribution in [0, 0.1) is 0 Å². The molecule has 0 aliphatic carbocycles. The zero-order chi connectivity index (χ0) is 30.8. The van der Waals surface area contributed by atoms with Gasteiger partial charge >= 0.3 is 6.18 Å². The maximum atomic E-state index is 14.3. The Balaban J connectivity index is 1.59. The van der Waals surface area contributed by atoms with Crippen LogP contribution >= 0.6 is 23.2 Å². The first-order chi connectivity index (χ1) is 19.7. The Morgan fingerprint density at radius 3 is 2.52 bits per heavy atom. The lowest BCUT2D eigenvalue weighted by atomic mass is 9.99. The van der Waals surface area contributed by atoms with E-state index in [0.717, 1.165) is 30.4 Å². The van der Waals surface area contributed by atoms with Crippen molar-refractivity contribution < 1.29 is 31.2 Å². The van der Waals surface area contributed by atoms with Crippen LogP contribution in [0.5, 0.6) is 0 Å². The second kappa shape index (κ2) is 13.1. The summed E-state index contributed by atoms with van der Waals surface area (Å²) >= 11 is 12.5. The highest BCUT2D eigenvalue weighted by molar-refractivity contribution is 7.91. The van der Waals surface area contributed by atoms with Gasteiger partial charge in [0.05, 0.1) is 27.9 Å². The Bertz CT molecular complexity index is 1450. The quantitative estimate of drug-likeness (QED) is 0.422. The van der Waals surface area contributed by atoms with Crippen molar-refractivity contribution in [2.24, 2.45) is 0 Å². The number of hydrogen-bond acceptors (Lipinski definition) is 6. The molecule has 2 aromatic rings. The van der Waals surface area contributed by atoms with Gasteiger partial charge in [0.15, 0.2) is 9.84 Å². The van der Waals surface area contributed by atoms with Gasteiger partial charge in [0.1, 0.15) is 0 Å². The zero-order valence-corrected chi connectivity index (χ0v) is 25.6. The molecule has 0 saturated carbocycles. The molecule has 8 nitrogen and oxygen atoms in total. The summed E-state index contributed by atoms with van der Waals surface area (Å²) in [5.74, 6) is -1.24. The molecule has 2 aliphatic heterocycles. The van der Waals surface area contributed by atoms with E-state index in [1.807, 2.05) is 4.90 Å². The minimum absolute atomic E-state index is 0.0580. The molecule has 0 spiro atoms. The van der Waals surface area contributed by atoms with E-state index in [1.54, 1.807) is 0 Å². The number of sulfone groups is 1. The van der Waals surface area contributed by atoms with Gasteiger partial charge in [-0.3, -0.25) is 14.5 Å². The van der Waals surface area contributed by atoms with Crippen molar-refractivity contribution >= 4 is 50.5 Å². The van der Waals surface area contributed by atoms with Crippen LogP contribution in [0.2, 0.25) is 10.0 Å². The molecule has 0 aromatic heterocycles. The van der Waals surface area contributed by atoms with Crippen molar-refractivity contribution in [1.82, 2.24) is 15.5 Å². The Hall–Kier alpha value is -2.38. The Labute approximate surface area is 253 Å². The molecule has 2 aromatic carbocycles. The van der Waals surface area contributed by atoms with Crippen LogP contribution in [0.3, 0.4) is 0 Å². The number of amides is 2. The van der Waals surface area contributed by atoms with E-state index in [4.69, 9.17) is 23.2 Å². The van der Waals surface area contributed by atoms with Crippen molar-refractivity contribution in [3.63, 3.8) is 0 Å². The molecule has 2 aliphatic rings. The molecule has 4 rings (SSSR count). The molecule has 2 fully saturated rings. The number of piperidine rings is 1. The lowest BCUT2D eigenvalue weighted by molar-refractivity contribution is -0.138. The highest BCUT2D eigenvalue weighted by Crippen LogP contribution is 2.38. The molecule has 0 unspecified atom stereocenters. The average Bonchev–Trinajstić information content (AvgIpc) is 3.48. The monoisotopic (exact) mass is 648 g/mol. The van der Waals surface area contributed by atoms with Crippen LogP contribution in [-0.4, -0.2) is 69.7 Å². The number of likely N-dealkylation sites (tertiary alicyclic amines) is 1. The molecule has 230 valence electrons. The largest absolute Gasteiger partial charge is 0.416 e. The molecule has 0 bridgehead atoms. The number of carbonyl (C=O) groups excluding carboxylic acids is 2. The number of carbonyl (C=O) groups is 2. The van der Waals surface area contributed by atoms with Crippen molar-refractivity contribution in [3.05, 3.63) is 57.1 Å². The van der Waals surface area contributed by atoms with E-state index >= 15 is 0 Å². The molecule has 42 heavy (non-hydrogen) atoms. The van der Waals surface area contributed by atoms with E-state index < -0.39 is 27.5 Å². The number of nitrogens with one attached hydrogen (secondary N) is 2. The normalized spacial score (nSPS) is 20.0. The molecule has 2 heterocycles. The summed E-state index contributed by atoms with van der Waals surface area (Å²) in [5, 5.41) is 6.06. The van der Waals surface area contributed by atoms with Gasteiger partial charge in [0.2, 0.25) is 5.91 Å². The van der Waals surface area contributed by atoms with Gasteiger partial charge < -0.3 is 15.5 Å². The van der Waals surface area contributed by atoms with Gasteiger partial charge in [-0.25, -0.2) is 8.42 Å². The molecular formula is C28H33Cl2F3N4O4S. The van der Waals surface area contributed by atoms with Crippen LogP contribution in [0.15, 0.2) is 35.2 Å². The third kappa shape index (κ3) is 7.39. The molecule has 2 amide bonds. The fraction of sp³-hybridized carbons (Fsp3) is 0.500. The fourth-order valence-electron chi connectivity index (χ4n) is 5.40. The highest BCUT2D eigenvalue weighted by atomic mass is 35.5. The Morgan fingerprint density at radius 2 is 1.88 bits per heavy atom. The summed E-state index contributed by atoms with van der Waals surface area (Å²) in [5.41, 5.74) is -1.64. The number of nitrogens with zero attached hydrogens (tertiary/aromatic N) is 2. The smallest absolute Gasteiger partial charge is 0.351 e. The Kier molecular flexibility index (Phi) is 10.1. The lowest BCUT2D eigenvalue weighted by Gasteiger charge is -2.34. The standard InChI is InChI=1S/C28H33Cl2F3N4O4S/c1-3-42(40,41)25-9-8-18(29)14-24(25)36(2)27(39)17-12-21(28(31,32)33)20(22(30)13-17)16-37-11-5-6-19(15-37)35-26(38)23-7-4-10-34-23/h8-9,12-14,19,23,34H,3-7,10-11,15-16H2,1-2H3,(H,35,38)/t19-,23-/m0/s1. The van der Waals surface area contributed by atoms with Crippen molar-refractivity contribution in [1.29, 1.82) is 0 Å². The van der Waals surface area contributed by atoms with E-state index in [1.165, 1.54) is 38.2 Å². The second-order valence-corrected chi connectivity index (χ2v) is 13.7. The number of anilines is 1. The van der Waals surface area contributed by atoms with Gasteiger partial charge in [-0.05, 0) is 74.7 Å². The Morgan fingerprint density at radius 1 is 1.14 bits per heavy atom. The fourth-order valence-corrected chi connectivity index (χ4v) is 6.94. The number of halogens is 5. The first-order valence-electron chi connectivity index (χ1n) is 13.7. The van der Waals surface area contributed by atoms with Crippen molar-refractivity contribution in [2.75, 3.05) is 37.3 Å². The summed E-state index contributed by atoms with van der Waals surface area (Å²) in [4.78, 5) is 28.6. The maximum absolute atomic E-state index is 14.3. The zero-order valence-electron chi connectivity index (χ0n) is 23.2. The predicted octanol–water partition coefficient (Wildman–Crippen LogP) is 4.92. The van der Waals surface area contributed by atoms with Gasteiger partial charge in [0.25, 0.3) is 5.91 Å². The molecule has 0 radical (unpaired) electrons. The van der Waals surface area contributed by atoms with Gasteiger partial charge in [-0.1, -0.05) is 30.1 Å². The first-order valence-corrected chi connectivity index (χ1v) is 16.1. The number of hydrogen-bond donors (Lipinski definition) is 2. The summed E-state index contributed by atoms with van der Waals surface area (Å²) in [6, 6.07) is 5.35. The van der Waals surface area contributed by atoms with Crippen LogP contribution in [-0.2, 0) is 27.4 Å². The van der Waals surface area contributed by atoms with E-state index in [0.29, 0.717) is 25.9 Å². The molecule has 14 heteroatoms. The molecule has 2 atom stereocenters. The number of rotatable bonds is 8. The van der Waals surface area contributed by atoms with Crippen LogP contribution in [0.25, 0.3) is 0 Å². The highest BCUT2D eigenvalue weighted by Gasteiger charge is 2.37. The van der Waals surface area contributed by atoms with Crippen LogP contribution in [0.4, 0.5) is 18.9 Å². The van der Waals surface area contributed by atoms with Crippen molar-refractivity contribution in [2.45, 2.75) is 62.3 Å². The van der Waals surface area contributed by atoms with E-state index in [9.17, 15) is 31.2 Å². The maximum Gasteiger partial charge on any atom is 0.416 e. The summed E-state index contributed by atoms with van der Waals surface area (Å²) in [7, 11) is -2.52. The summed E-state index contributed by atoms with van der Waals surface area (Å²) < 4.78 is 68.3. The topological polar surface area (TPSA) is 98.8 Å². The minimum Gasteiger partial charge on any atom is -0.351 e. The van der Waals surface area contributed by atoms with Gasteiger partial charge in [0, 0.05) is 41.8 Å². The minimum atomic E-state index is -4.82. The molecule has 2 N–H and O–H groups in total. The van der Waals surface area contributed by atoms with Crippen LogP contribution < -0.4 is 15.5 Å². The molecule has 2 saturated heterocycles. The second-order valence-electron chi connectivity index (χ2n) is 10.6. The number of benzene rings is 2. The lowest BCUT2D eigenvalue weighted by Crippen LogP contribution is -2.51.